The molecule has 2 aromatic carbocycles. The largest absolute Gasteiger partial charge is 0.507 e. The number of carbonyl (C=O) groups is 2. The summed E-state index contributed by atoms with van der Waals surface area (Å²) in [4.78, 5) is 31.7. The van der Waals surface area contributed by atoms with Crippen molar-refractivity contribution in [1.82, 2.24) is 4.98 Å². The maximum Gasteiger partial charge on any atom is 0.300 e. The van der Waals surface area contributed by atoms with Gasteiger partial charge in [0, 0.05) is 23.6 Å². The van der Waals surface area contributed by atoms with Crippen LogP contribution in [0.15, 0.2) is 72.6 Å². The lowest BCUT2D eigenvalue weighted by atomic mass is 9.96. The van der Waals surface area contributed by atoms with Gasteiger partial charge in [-0.1, -0.05) is 47.5 Å². The Morgan fingerprint density at radius 3 is 2.47 bits per heavy atom. The van der Waals surface area contributed by atoms with E-state index in [9.17, 15) is 14.7 Å². The van der Waals surface area contributed by atoms with Gasteiger partial charge in [0.15, 0.2) is 0 Å². The summed E-state index contributed by atoms with van der Waals surface area (Å²) < 4.78 is 0. The third-order valence-corrected chi connectivity index (χ3v) is 5.75. The lowest BCUT2D eigenvalue weighted by Crippen LogP contribution is -2.30. The highest BCUT2D eigenvalue weighted by Crippen LogP contribution is 2.43. The monoisotopic (exact) mass is 438 g/mol. The van der Waals surface area contributed by atoms with Crippen LogP contribution in [0.4, 0.5) is 5.69 Å². The number of aromatic nitrogens is 1. The molecule has 7 heteroatoms. The van der Waals surface area contributed by atoms with E-state index < -0.39 is 17.7 Å². The smallest absolute Gasteiger partial charge is 0.300 e. The zero-order chi connectivity index (χ0) is 21.4. The molecular weight excluding hydrogens is 423 g/mol. The van der Waals surface area contributed by atoms with Crippen LogP contribution in [0.1, 0.15) is 22.7 Å². The number of pyridine rings is 1. The number of aliphatic hydroxyl groups excluding tert-OH is 1. The first-order chi connectivity index (χ1) is 14.4. The summed E-state index contributed by atoms with van der Waals surface area (Å²) in [6.07, 6.45) is 3.17. The second-order valence-corrected chi connectivity index (χ2v) is 7.69. The fraction of sp³-hybridized carbons (Fsp3) is 0.0870. The molecule has 150 valence electrons. The Hall–Kier alpha value is -3.15. The molecule has 1 saturated heterocycles. The van der Waals surface area contributed by atoms with Crippen LogP contribution >= 0.6 is 23.2 Å². The van der Waals surface area contributed by atoms with Crippen molar-refractivity contribution in [1.29, 1.82) is 0 Å². The zero-order valence-electron chi connectivity index (χ0n) is 15.8. The Morgan fingerprint density at radius 1 is 1.03 bits per heavy atom. The minimum atomic E-state index is -0.839. The van der Waals surface area contributed by atoms with Gasteiger partial charge in [0.25, 0.3) is 11.7 Å². The van der Waals surface area contributed by atoms with Crippen molar-refractivity contribution in [3.8, 4) is 0 Å². The SMILES string of the molecule is Cc1ccccc1N1C(=O)C(=O)/C(=C(\O)c2ccc(Cl)c(Cl)c2)C1c1cccnc1. The molecule has 1 aromatic heterocycles. The molecule has 1 atom stereocenters. The summed E-state index contributed by atoms with van der Waals surface area (Å²) in [5.74, 6) is -1.83. The number of hydrogen-bond donors (Lipinski definition) is 1. The average molecular weight is 439 g/mol. The van der Waals surface area contributed by atoms with E-state index in [4.69, 9.17) is 23.2 Å². The van der Waals surface area contributed by atoms with Crippen LogP contribution in [0.2, 0.25) is 10.0 Å². The van der Waals surface area contributed by atoms with Gasteiger partial charge in [-0.2, -0.15) is 0 Å². The Balaban J connectivity index is 1.97. The van der Waals surface area contributed by atoms with Crippen molar-refractivity contribution in [2.75, 3.05) is 4.90 Å². The first-order valence-electron chi connectivity index (χ1n) is 9.12. The van der Waals surface area contributed by atoms with Crippen molar-refractivity contribution in [3.05, 3.63) is 99.3 Å². The minimum Gasteiger partial charge on any atom is -0.507 e. The summed E-state index contributed by atoms with van der Waals surface area (Å²) in [6, 6.07) is 14.4. The molecule has 1 N–H and O–H groups in total. The normalized spacial score (nSPS) is 18.1. The number of ketones is 1. The summed E-state index contributed by atoms with van der Waals surface area (Å²) in [6.45, 7) is 1.86. The molecule has 0 aliphatic carbocycles. The number of nitrogens with zero attached hydrogens (tertiary/aromatic N) is 2. The van der Waals surface area contributed by atoms with Crippen molar-refractivity contribution in [2.24, 2.45) is 0 Å². The van der Waals surface area contributed by atoms with E-state index in [1.54, 1.807) is 42.7 Å². The number of aliphatic hydroxyl groups is 1. The van der Waals surface area contributed by atoms with Crippen LogP contribution in [0.3, 0.4) is 0 Å². The van der Waals surface area contributed by atoms with Crippen molar-refractivity contribution < 1.29 is 14.7 Å². The Labute approximate surface area is 183 Å². The average Bonchev–Trinajstić information content (AvgIpc) is 3.01. The molecule has 1 aliphatic rings. The predicted molar refractivity (Wildman–Crippen MR) is 117 cm³/mol. The van der Waals surface area contributed by atoms with Crippen LogP contribution in [0.5, 0.6) is 0 Å². The third kappa shape index (κ3) is 3.36. The van der Waals surface area contributed by atoms with E-state index in [2.05, 4.69) is 4.98 Å². The summed E-state index contributed by atoms with van der Waals surface area (Å²) in [5.41, 5.74) is 2.27. The van der Waals surface area contributed by atoms with Gasteiger partial charge in [0.2, 0.25) is 0 Å². The van der Waals surface area contributed by atoms with Gasteiger partial charge < -0.3 is 5.11 Å². The Kier molecular flexibility index (Phi) is 5.33. The molecule has 5 nitrogen and oxygen atoms in total. The number of para-hydroxylation sites is 1. The standard InChI is InChI=1S/C23H16Cl2N2O3/c1-13-5-2-3-7-18(13)27-20(15-6-4-10-26-12-15)19(22(29)23(27)30)21(28)14-8-9-16(24)17(25)11-14/h2-12,20,28H,1H3/b21-19-. The van der Waals surface area contributed by atoms with Crippen LogP contribution < -0.4 is 4.90 Å². The van der Waals surface area contributed by atoms with Crippen molar-refractivity contribution >= 4 is 46.3 Å². The van der Waals surface area contributed by atoms with Crippen LogP contribution in [-0.2, 0) is 9.59 Å². The fourth-order valence-corrected chi connectivity index (χ4v) is 3.86. The first kappa shape index (κ1) is 20.1. The maximum absolute atomic E-state index is 13.1. The number of halogens is 2. The van der Waals surface area contributed by atoms with Crippen LogP contribution in [0, 0.1) is 6.92 Å². The Bertz CT molecular complexity index is 1190. The number of benzene rings is 2. The molecule has 0 spiro atoms. The molecule has 2 heterocycles. The number of anilines is 1. The highest BCUT2D eigenvalue weighted by molar-refractivity contribution is 6.52. The van der Waals surface area contributed by atoms with Gasteiger partial charge in [-0.25, -0.2) is 0 Å². The number of amides is 1. The van der Waals surface area contributed by atoms with Crippen molar-refractivity contribution in [3.63, 3.8) is 0 Å². The van der Waals surface area contributed by atoms with Crippen LogP contribution in [0.25, 0.3) is 5.76 Å². The third-order valence-electron chi connectivity index (χ3n) is 5.01. The van der Waals surface area contributed by atoms with E-state index in [1.165, 1.54) is 17.0 Å². The molecule has 1 fully saturated rings. The molecule has 4 rings (SSSR count). The number of Topliss-reactive ketones (excluding diaryl/α,β-unsaturated/α-hetero) is 1. The van der Waals surface area contributed by atoms with Gasteiger partial charge in [-0.15, -0.1) is 0 Å². The van der Waals surface area contributed by atoms with E-state index >= 15 is 0 Å². The molecule has 0 saturated carbocycles. The second-order valence-electron chi connectivity index (χ2n) is 6.87. The summed E-state index contributed by atoms with van der Waals surface area (Å²) >= 11 is 12.1. The number of carbonyl (C=O) groups excluding carboxylic acids is 2. The number of rotatable bonds is 3. The predicted octanol–water partition coefficient (Wildman–Crippen LogP) is 5.32. The highest BCUT2D eigenvalue weighted by Gasteiger charge is 2.47. The van der Waals surface area contributed by atoms with E-state index in [1.807, 2.05) is 19.1 Å². The van der Waals surface area contributed by atoms with Crippen LogP contribution in [-0.4, -0.2) is 21.8 Å². The van der Waals surface area contributed by atoms with E-state index in [0.29, 0.717) is 21.8 Å². The number of aryl methyl sites for hydroxylation is 1. The molecule has 1 amide bonds. The summed E-state index contributed by atoms with van der Waals surface area (Å²) in [7, 11) is 0. The highest BCUT2D eigenvalue weighted by atomic mass is 35.5. The molecular formula is C23H16Cl2N2O3. The minimum absolute atomic E-state index is 0.0327. The van der Waals surface area contributed by atoms with Gasteiger partial charge in [-0.05, 0) is 48.4 Å². The molecule has 1 unspecified atom stereocenters. The lowest BCUT2D eigenvalue weighted by molar-refractivity contribution is -0.132. The Morgan fingerprint density at radius 2 is 1.80 bits per heavy atom. The topological polar surface area (TPSA) is 70.5 Å². The first-order valence-corrected chi connectivity index (χ1v) is 9.87. The van der Waals surface area contributed by atoms with Gasteiger partial charge >= 0.3 is 0 Å². The molecule has 0 radical (unpaired) electrons. The van der Waals surface area contributed by atoms with Gasteiger partial charge in [0.1, 0.15) is 5.76 Å². The molecule has 0 bridgehead atoms. The molecule has 30 heavy (non-hydrogen) atoms. The molecule has 3 aromatic rings. The van der Waals surface area contributed by atoms with E-state index in [-0.39, 0.29) is 16.4 Å². The lowest BCUT2D eigenvalue weighted by Gasteiger charge is -2.26. The fourth-order valence-electron chi connectivity index (χ4n) is 3.57. The van der Waals surface area contributed by atoms with Crippen molar-refractivity contribution in [2.45, 2.75) is 13.0 Å². The van der Waals surface area contributed by atoms with Gasteiger partial charge in [-0.3, -0.25) is 19.5 Å². The number of hydrogen-bond acceptors (Lipinski definition) is 4. The summed E-state index contributed by atoms with van der Waals surface area (Å²) in [5, 5.41) is 11.6. The van der Waals surface area contributed by atoms with E-state index in [0.717, 1.165) is 5.56 Å². The zero-order valence-corrected chi connectivity index (χ0v) is 17.4. The quantitative estimate of drug-likeness (QED) is 0.341. The second kappa shape index (κ2) is 7.94. The maximum atomic E-state index is 13.1. The van der Waals surface area contributed by atoms with Gasteiger partial charge in [0.05, 0.1) is 21.7 Å². The molecule has 1 aliphatic heterocycles.